The smallest absolute Gasteiger partial charge is 0.262 e. The SMILES string of the molecule is CCCc1nc2sc(C)c(-c3cc(C)ccc3OC)c2c(=O)n1CCC(N)=O. The van der Waals surface area contributed by atoms with Gasteiger partial charge < -0.3 is 10.5 Å². The molecule has 0 fully saturated rings. The van der Waals surface area contributed by atoms with E-state index in [9.17, 15) is 9.59 Å². The summed E-state index contributed by atoms with van der Waals surface area (Å²) < 4.78 is 7.16. The van der Waals surface area contributed by atoms with Gasteiger partial charge in [-0.1, -0.05) is 18.6 Å². The molecule has 3 rings (SSSR count). The molecule has 3 aromatic rings. The monoisotopic (exact) mass is 399 g/mol. The molecular formula is C21H25N3O3S. The van der Waals surface area contributed by atoms with Crippen molar-refractivity contribution in [2.75, 3.05) is 7.11 Å². The number of ether oxygens (including phenoxy) is 1. The van der Waals surface area contributed by atoms with E-state index in [0.717, 1.165) is 32.8 Å². The van der Waals surface area contributed by atoms with Crippen LogP contribution in [0.2, 0.25) is 0 Å². The van der Waals surface area contributed by atoms with Crippen molar-refractivity contribution in [2.45, 2.75) is 46.6 Å². The van der Waals surface area contributed by atoms with E-state index < -0.39 is 5.91 Å². The van der Waals surface area contributed by atoms with Crippen molar-refractivity contribution < 1.29 is 9.53 Å². The third-order valence-corrected chi connectivity index (χ3v) is 5.75. The molecule has 0 aliphatic heterocycles. The molecule has 0 radical (unpaired) electrons. The van der Waals surface area contributed by atoms with Gasteiger partial charge in [0.15, 0.2) is 0 Å². The molecule has 148 valence electrons. The maximum absolute atomic E-state index is 13.5. The minimum absolute atomic E-state index is 0.107. The lowest BCUT2D eigenvalue weighted by Crippen LogP contribution is -2.27. The van der Waals surface area contributed by atoms with Gasteiger partial charge in [0, 0.05) is 35.4 Å². The van der Waals surface area contributed by atoms with Crippen molar-refractivity contribution in [1.82, 2.24) is 9.55 Å². The number of nitrogens with two attached hydrogens (primary N) is 1. The van der Waals surface area contributed by atoms with Crippen molar-refractivity contribution in [3.05, 3.63) is 44.8 Å². The van der Waals surface area contributed by atoms with Crippen LogP contribution >= 0.6 is 11.3 Å². The number of fused-ring (bicyclic) bond motifs is 1. The summed E-state index contributed by atoms with van der Waals surface area (Å²) in [4.78, 5) is 31.3. The van der Waals surface area contributed by atoms with E-state index in [1.807, 2.05) is 39.0 Å². The zero-order valence-electron chi connectivity index (χ0n) is 16.7. The molecule has 0 aliphatic carbocycles. The molecule has 0 aliphatic rings. The molecular weight excluding hydrogens is 374 g/mol. The van der Waals surface area contributed by atoms with E-state index in [0.29, 0.717) is 23.4 Å². The Morgan fingerprint density at radius 1 is 1.32 bits per heavy atom. The topological polar surface area (TPSA) is 87.2 Å². The highest BCUT2D eigenvalue weighted by Crippen LogP contribution is 2.40. The fourth-order valence-electron chi connectivity index (χ4n) is 3.45. The number of aromatic nitrogens is 2. The number of methoxy groups -OCH3 is 1. The fraction of sp³-hybridized carbons (Fsp3) is 0.381. The summed E-state index contributed by atoms with van der Waals surface area (Å²) in [6.07, 6.45) is 1.64. The molecule has 0 unspecified atom stereocenters. The second kappa shape index (κ2) is 8.14. The molecule has 1 amide bonds. The standard InChI is InChI=1S/C21H25N3O3S/c1-5-6-17-23-20-19(21(26)24(17)10-9-16(22)25)18(13(3)28-20)14-11-12(2)7-8-15(14)27-4/h7-8,11H,5-6,9-10H2,1-4H3,(H2,22,25). The normalized spacial score (nSPS) is 11.1. The molecule has 0 saturated carbocycles. The Kier molecular flexibility index (Phi) is 5.84. The van der Waals surface area contributed by atoms with Gasteiger partial charge >= 0.3 is 0 Å². The van der Waals surface area contributed by atoms with Crippen molar-refractivity contribution in [1.29, 1.82) is 0 Å². The Bertz CT molecular complexity index is 1100. The molecule has 0 atom stereocenters. The Labute approximate surface area is 168 Å². The summed E-state index contributed by atoms with van der Waals surface area (Å²) in [6.45, 7) is 6.29. The molecule has 0 bridgehead atoms. The number of primary amides is 1. The summed E-state index contributed by atoms with van der Waals surface area (Å²) in [7, 11) is 1.63. The average molecular weight is 400 g/mol. The van der Waals surface area contributed by atoms with Gasteiger partial charge in [-0.15, -0.1) is 11.3 Å². The van der Waals surface area contributed by atoms with Crippen molar-refractivity contribution in [3.63, 3.8) is 0 Å². The minimum Gasteiger partial charge on any atom is -0.496 e. The average Bonchev–Trinajstić information content (AvgIpc) is 2.97. The van der Waals surface area contributed by atoms with Crippen LogP contribution in [0.3, 0.4) is 0 Å². The lowest BCUT2D eigenvalue weighted by Gasteiger charge is -2.13. The van der Waals surface area contributed by atoms with Gasteiger partial charge in [-0.25, -0.2) is 4.98 Å². The number of nitrogens with zero attached hydrogens (tertiary/aromatic N) is 2. The van der Waals surface area contributed by atoms with E-state index in [1.54, 1.807) is 11.7 Å². The number of hydrogen-bond acceptors (Lipinski definition) is 5. The first-order valence-corrected chi connectivity index (χ1v) is 10.1. The van der Waals surface area contributed by atoms with Gasteiger partial charge in [-0.3, -0.25) is 14.2 Å². The van der Waals surface area contributed by atoms with Crippen LogP contribution in [0.4, 0.5) is 0 Å². The highest BCUT2D eigenvalue weighted by Gasteiger charge is 2.22. The first-order valence-electron chi connectivity index (χ1n) is 9.33. The van der Waals surface area contributed by atoms with E-state index in [1.165, 1.54) is 11.3 Å². The Morgan fingerprint density at radius 3 is 2.71 bits per heavy atom. The Hall–Kier alpha value is -2.67. The predicted octanol–water partition coefficient (Wildman–Crippen LogP) is 3.58. The van der Waals surface area contributed by atoms with E-state index in [2.05, 4.69) is 0 Å². The van der Waals surface area contributed by atoms with Crippen LogP contribution in [-0.2, 0) is 17.8 Å². The van der Waals surface area contributed by atoms with Gasteiger partial charge in [-0.05, 0) is 32.4 Å². The third kappa shape index (κ3) is 3.67. The maximum Gasteiger partial charge on any atom is 0.262 e. The fourth-order valence-corrected chi connectivity index (χ4v) is 4.49. The number of aryl methyl sites for hydroxylation is 3. The van der Waals surface area contributed by atoms with Gasteiger partial charge in [0.25, 0.3) is 5.56 Å². The van der Waals surface area contributed by atoms with Crippen molar-refractivity contribution in [2.24, 2.45) is 5.73 Å². The number of carbonyl (C=O) groups is 1. The van der Waals surface area contributed by atoms with Crippen molar-refractivity contribution in [3.8, 4) is 16.9 Å². The highest BCUT2D eigenvalue weighted by molar-refractivity contribution is 7.19. The molecule has 6 nitrogen and oxygen atoms in total. The molecule has 2 heterocycles. The Balaban J connectivity index is 2.33. The number of thiophene rings is 1. The van der Waals surface area contributed by atoms with Crippen LogP contribution in [0.1, 0.15) is 36.0 Å². The summed E-state index contributed by atoms with van der Waals surface area (Å²) >= 11 is 1.51. The van der Waals surface area contributed by atoms with Crippen LogP contribution in [0.25, 0.3) is 21.3 Å². The van der Waals surface area contributed by atoms with Gasteiger partial charge in [0.05, 0.1) is 12.5 Å². The van der Waals surface area contributed by atoms with Crippen molar-refractivity contribution >= 4 is 27.5 Å². The zero-order chi connectivity index (χ0) is 20.4. The van der Waals surface area contributed by atoms with Crippen LogP contribution in [0.5, 0.6) is 5.75 Å². The quantitative estimate of drug-likeness (QED) is 0.658. The van der Waals surface area contributed by atoms with E-state index >= 15 is 0 Å². The number of hydrogen-bond donors (Lipinski definition) is 1. The maximum atomic E-state index is 13.5. The van der Waals surface area contributed by atoms with Crippen LogP contribution in [0, 0.1) is 13.8 Å². The van der Waals surface area contributed by atoms with E-state index in [-0.39, 0.29) is 18.5 Å². The van der Waals surface area contributed by atoms with Gasteiger partial charge in [0.2, 0.25) is 5.91 Å². The summed E-state index contributed by atoms with van der Waals surface area (Å²) in [5.41, 5.74) is 8.01. The van der Waals surface area contributed by atoms with Gasteiger partial charge in [0.1, 0.15) is 16.4 Å². The second-order valence-corrected chi connectivity index (χ2v) is 8.07. The molecule has 0 saturated heterocycles. The highest BCUT2D eigenvalue weighted by atomic mass is 32.1. The minimum atomic E-state index is -0.434. The Morgan fingerprint density at radius 2 is 2.07 bits per heavy atom. The first-order chi connectivity index (χ1) is 13.4. The second-order valence-electron chi connectivity index (χ2n) is 6.87. The van der Waals surface area contributed by atoms with Crippen LogP contribution in [0.15, 0.2) is 23.0 Å². The third-order valence-electron chi connectivity index (χ3n) is 4.75. The van der Waals surface area contributed by atoms with Crippen LogP contribution in [-0.4, -0.2) is 22.6 Å². The molecule has 2 aromatic heterocycles. The zero-order valence-corrected chi connectivity index (χ0v) is 17.5. The number of amides is 1. The molecule has 7 heteroatoms. The summed E-state index contributed by atoms with van der Waals surface area (Å²) in [5, 5.41) is 0.579. The molecule has 1 aromatic carbocycles. The largest absolute Gasteiger partial charge is 0.496 e. The molecule has 0 spiro atoms. The number of rotatable bonds is 7. The number of carbonyl (C=O) groups excluding carboxylic acids is 1. The lowest BCUT2D eigenvalue weighted by atomic mass is 10.0. The van der Waals surface area contributed by atoms with Gasteiger partial charge in [-0.2, -0.15) is 0 Å². The number of benzene rings is 1. The van der Waals surface area contributed by atoms with E-state index in [4.69, 9.17) is 15.5 Å². The summed E-state index contributed by atoms with van der Waals surface area (Å²) in [5.74, 6) is 0.982. The lowest BCUT2D eigenvalue weighted by molar-refractivity contribution is -0.118. The molecule has 2 N–H and O–H groups in total. The molecule has 28 heavy (non-hydrogen) atoms. The first kappa shape index (κ1) is 20.1. The predicted molar refractivity (Wildman–Crippen MR) is 113 cm³/mol. The van der Waals surface area contributed by atoms with Crippen LogP contribution < -0.4 is 16.0 Å². The summed E-state index contributed by atoms with van der Waals surface area (Å²) in [6, 6.07) is 5.92.